The molecule has 0 aromatic carbocycles. The summed E-state index contributed by atoms with van der Waals surface area (Å²) in [5.41, 5.74) is 0. The van der Waals surface area contributed by atoms with E-state index in [9.17, 15) is 0 Å². The van der Waals surface area contributed by atoms with Gasteiger partial charge in [0.05, 0.1) is 18.2 Å². The molecule has 0 aromatic heterocycles. The smallest absolute Gasteiger partial charge is 0.0982 e. The van der Waals surface area contributed by atoms with Crippen molar-refractivity contribution in [1.82, 2.24) is 5.32 Å². The van der Waals surface area contributed by atoms with Gasteiger partial charge in [-0.05, 0) is 31.6 Å². The summed E-state index contributed by atoms with van der Waals surface area (Å²) in [5, 5.41) is 12.5. The number of hydrogen-bond acceptors (Lipinski definition) is 3. The van der Waals surface area contributed by atoms with E-state index in [4.69, 9.17) is 10.00 Å². The second-order valence-corrected chi connectivity index (χ2v) is 4.69. The van der Waals surface area contributed by atoms with Crippen LogP contribution in [0.15, 0.2) is 0 Å². The SMILES string of the molecule is N#CC(NCC1CCCO1)C1CCCC1. The van der Waals surface area contributed by atoms with Crippen molar-refractivity contribution in [3.05, 3.63) is 0 Å². The maximum absolute atomic E-state index is 9.11. The molecule has 1 N–H and O–H groups in total. The molecule has 2 aliphatic rings. The first kappa shape index (κ1) is 10.9. The molecule has 1 heterocycles. The number of nitrogens with one attached hydrogen (secondary N) is 1. The Hall–Kier alpha value is -0.590. The van der Waals surface area contributed by atoms with Gasteiger partial charge in [0, 0.05) is 13.2 Å². The first-order valence-corrected chi connectivity index (χ1v) is 6.15. The van der Waals surface area contributed by atoms with Crippen LogP contribution < -0.4 is 5.32 Å². The summed E-state index contributed by atoms with van der Waals surface area (Å²) in [7, 11) is 0. The van der Waals surface area contributed by atoms with Crippen molar-refractivity contribution < 1.29 is 4.74 Å². The quantitative estimate of drug-likeness (QED) is 0.766. The Kier molecular flexibility index (Phi) is 3.99. The summed E-state index contributed by atoms with van der Waals surface area (Å²) >= 11 is 0. The van der Waals surface area contributed by atoms with Gasteiger partial charge in [0.1, 0.15) is 0 Å². The van der Waals surface area contributed by atoms with Gasteiger partial charge < -0.3 is 4.74 Å². The van der Waals surface area contributed by atoms with E-state index in [1.54, 1.807) is 0 Å². The molecule has 84 valence electrons. The van der Waals surface area contributed by atoms with Crippen molar-refractivity contribution in [1.29, 1.82) is 5.26 Å². The predicted octanol–water partition coefficient (Wildman–Crippen LogP) is 1.84. The lowest BCUT2D eigenvalue weighted by Crippen LogP contribution is -2.38. The maximum atomic E-state index is 9.11. The Morgan fingerprint density at radius 3 is 2.67 bits per heavy atom. The molecule has 0 radical (unpaired) electrons. The fourth-order valence-corrected chi connectivity index (χ4v) is 2.67. The normalized spacial score (nSPS) is 29.1. The fraction of sp³-hybridized carbons (Fsp3) is 0.917. The van der Waals surface area contributed by atoms with Crippen molar-refractivity contribution in [2.45, 2.75) is 50.7 Å². The van der Waals surface area contributed by atoms with Crippen LogP contribution in [0.4, 0.5) is 0 Å². The minimum Gasteiger partial charge on any atom is -0.377 e. The molecule has 0 spiro atoms. The molecule has 0 bridgehead atoms. The number of rotatable bonds is 4. The Bertz CT molecular complexity index is 224. The van der Waals surface area contributed by atoms with Crippen LogP contribution in [0.3, 0.4) is 0 Å². The van der Waals surface area contributed by atoms with E-state index in [1.165, 1.54) is 32.1 Å². The van der Waals surface area contributed by atoms with Crippen LogP contribution in [0.1, 0.15) is 38.5 Å². The van der Waals surface area contributed by atoms with Crippen molar-refractivity contribution in [3.63, 3.8) is 0 Å². The Labute approximate surface area is 91.8 Å². The summed E-state index contributed by atoms with van der Waals surface area (Å²) in [5.74, 6) is 0.580. The highest BCUT2D eigenvalue weighted by Crippen LogP contribution is 2.27. The number of hydrogen-bond donors (Lipinski definition) is 1. The van der Waals surface area contributed by atoms with Gasteiger partial charge in [0.15, 0.2) is 0 Å². The molecule has 1 saturated carbocycles. The molecule has 2 unspecified atom stereocenters. The zero-order chi connectivity index (χ0) is 10.5. The number of ether oxygens (including phenoxy) is 1. The van der Waals surface area contributed by atoms with Gasteiger partial charge in [-0.15, -0.1) is 0 Å². The summed E-state index contributed by atoms with van der Waals surface area (Å²) in [4.78, 5) is 0. The Morgan fingerprint density at radius 2 is 2.07 bits per heavy atom. The van der Waals surface area contributed by atoms with Gasteiger partial charge in [-0.1, -0.05) is 12.8 Å². The highest BCUT2D eigenvalue weighted by molar-refractivity contribution is 4.96. The number of nitrogens with zero attached hydrogens (tertiary/aromatic N) is 1. The minimum atomic E-state index is 0.0525. The molecule has 0 aromatic rings. The van der Waals surface area contributed by atoms with Crippen LogP contribution in [0.25, 0.3) is 0 Å². The van der Waals surface area contributed by atoms with Crippen molar-refractivity contribution in [3.8, 4) is 6.07 Å². The van der Waals surface area contributed by atoms with Crippen molar-refractivity contribution in [2.75, 3.05) is 13.2 Å². The first-order chi connectivity index (χ1) is 7.40. The average Bonchev–Trinajstić information content (AvgIpc) is 2.90. The van der Waals surface area contributed by atoms with Crippen molar-refractivity contribution >= 4 is 0 Å². The van der Waals surface area contributed by atoms with Crippen LogP contribution in [0, 0.1) is 17.2 Å². The lowest BCUT2D eigenvalue weighted by molar-refractivity contribution is 0.107. The first-order valence-electron chi connectivity index (χ1n) is 6.15. The van der Waals surface area contributed by atoms with E-state index in [-0.39, 0.29) is 6.04 Å². The molecule has 0 amide bonds. The summed E-state index contributed by atoms with van der Waals surface area (Å²) in [6.45, 7) is 1.75. The third-order valence-corrected chi connectivity index (χ3v) is 3.60. The largest absolute Gasteiger partial charge is 0.377 e. The topological polar surface area (TPSA) is 45.0 Å². The van der Waals surface area contributed by atoms with E-state index in [0.29, 0.717) is 12.0 Å². The van der Waals surface area contributed by atoms with Crippen LogP contribution in [-0.2, 0) is 4.74 Å². The van der Waals surface area contributed by atoms with E-state index in [1.807, 2.05) is 0 Å². The average molecular weight is 208 g/mol. The van der Waals surface area contributed by atoms with E-state index >= 15 is 0 Å². The molecule has 1 aliphatic heterocycles. The summed E-state index contributed by atoms with van der Waals surface area (Å²) < 4.78 is 5.54. The second-order valence-electron chi connectivity index (χ2n) is 4.69. The van der Waals surface area contributed by atoms with E-state index in [0.717, 1.165) is 19.6 Å². The summed E-state index contributed by atoms with van der Waals surface area (Å²) in [6.07, 6.45) is 7.70. The van der Waals surface area contributed by atoms with Crippen molar-refractivity contribution in [2.24, 2.45) is 5.92 Å². The van der Waals surface area contributed by atoms with Crippen LogP contribution >= 0.6 is 0 Å². The second kappa shape index (κ2) is 5.48. The molecule has 3 heteroatoms. The fourth-order valence-electron chi connectivity index (χ4n) is 2.67. The van der Waals surface area contributed by atoms with Gasteiger partial charge in [-0.25, -0.2) is 0 Å². The lowest BCUT2D eigenvalue weighted by Gasteiger charge is -2.19. The van der Waals surface area contributed by atoms with Gasteiger partial charge in [0.2, 0.25) is 0 Å². The summed E-state index contributed by atoms with van der Waals surface area (Å²) in [6, 6.07) is 2.45. The molecule has 15 heavy (non-hydrogen) atoms. The zero-order valence-corrected chi connectivity index (χ0v) is 9.24. The molecule has 2 rings (SSSR count). The Balaban J connectivity index is 1.72. The minimum absolute atomic E-state index is 0.0525. The monoisotopic (exact) mass is 208 g/mol. The third kappa shape index (κ3) is 2.93. The number of nitriles is 1. The van der Waals surface area contributed by atoms with Gasteiger partial charge >= 0.3 is 0 Å². The van der Waals surface area contributed by atoms with Gasteiger partial charge in [-0.2, -0.15) is 5.26 Å². The zero-order valence-electron chi connectivity index (χ0n) is 9.24. The van der Waals surface area contributed by atoms with Crippen LogP contribution in [0.2, 0.25) is 0 Å². The molecule has 1 saturated heterocycles. The van der Waals surface area contributed by atoms with Gasteiger partial charge in [-0.3, -0.25) is 5.32 Å². The molecule has 3 nitrogen and oxygen atoms in total. The van der Waals surface area contributed by atoms with Crippen LogP contribution in [0.5, 0.6) is 0 Å². The third-order valence-electron chi connectivity index (χ3n) is 3.60. The standard InChI is InChI=1S/C12H20N2O/c13-8-12(10-4-1-2-5-10)14-9-11-6-3-7-15-11/h10-12,14H,1-7,9H2. The molecular formula is C12H20N2O. The molecule has 1 aliphatic carbocycles. The highest BCUT2D eigenvalue weighted by Gasteiger charge is 2.25. The van der Waals surface area contributed by atoms with E-state index < -0.39 is 0 Å². The Morgan fingerprint density at radius 1 is 1.27 bits per heavy atom. The van der Waals surface area contributed by atoms with Crippen LogP contribution in [-0.4, -0.2) is 25.3 Å². The highest BCUT2D eigenvalue weighted by atomic mass is 16.5. The molecule has 2 fully saturated rings. The maximum Gasteiger partial charge on any atom is 0.0982 e. The molecular weight excluding hydrogens is 188 g/mol. The van der Waals surface area contributed by atoms with E-state index in [2.05, 4.69) is 11.4 Å². The van der Waals surface area contributed by atoms with Gasteiger partial charge in [0.25, 0.3) is 0 Å². The molecule has 2 atom stereocenters. The predicted molar refractivity (Wildman–Crippen MR) is 58.3 cm³/mol. The lowest BCUT2D eigenvalue weighted by atomic mass is 9.99.